The van der Waals surface area contributed by atoms with Crippen molar-refractivity contribution in [1.29, 1.82) is 0 Å². The van der Waals surface area contributed by atoms with Crippen molar-refractivity contribution in [3.63, 3.8) is 0 Å². The van der Waals surface area contributed by atoms with Gasteiger partial charge >= 0.3 is 0 Å². The molecule has 24 heavy (non-hydrogen) atoms. The van der Waals surface area contributed by atoms with E-state index in [1.165, 1.54) is 18.2 Å². The molecule has 0 bridgehead atoms. The van der Waals surface area contributed by atoms with E-state index in [0.29, 0.717) is 5.75 Å². The number of aliphatic hydroxyl groups is 6. The van der Waals surface area contributed by atoms with E-state index in [4.69, 9.17) is 29.5 Å². The molecular formula is C15H24O9. The van der Waals surface area contributed by atoms with Gasteiger partial charge in [-0.15, -0.1) is 0 Å². The van der Waals surface area contributed by atoms with Crippen molar-refractivity contribution in [2.75, 3.05) is 39.6 Å². The van der Waals surface area contributed by atoms with Crippen LogP contribution in [-0.4, -0.2) is 88.6 Å². The Labute approximate surface area is 139 Å². The Kier molecular flexibility index (Phi) is 9.38. The van der Waals surface area contributed by atoms with Crippen LogP contribution >= 0.6 is 0 Å². The van der Waals surface area contributed by atoms with Gasteiger partial charge in [-0.2, -0.15) is 0 Å². The van der Waals surface area contributed by atoms with Crippen LogP contribution in [0.4, 0.5) is 0 Å². The SMILES string of the molecule is OCC(O)COc1ccc(OCC(O)CO)c(OCC(O)CO)c1. The lowest BCUT2D eigenvalue weighted by Crippen LogP contribution is -2.23. The average Bonchev–Trinajstić information content (AvgIpc) is 2.62. The zero-order chi connectivity index (χ0) is 17.9. The minimum atomic E-state index is -1.08. The molecule has 0 saturated heterocycles. The van der Waals surface area contributed by atoms with Crippen molar-refractivity contribution < 1.29 is 44.8 Å². The first kappa shape index (κ1) is 20.4. The van der Waals surface area contributed by atoms with E-state index in [-0.39, 0.29) is 31.3 Å². The Morgan fingerprint density at radius 1 is 0.667 bits per heavy atom. The summed E-state index contributed by atoms with van der Waals surface area (Å²) in [6, 6.07) is 4.46. The Hall–Kier alpha value is -1.62. The highest BCUT2D eigenvalue weighted by atomic mass is 16.5. The molecule has 6 N–H and O–H groups in total. The van der Waals surface area contributed by atoms with Gasteiger partial charge in [0.2, 0.25) is 0 Å². The largest absolute Gasteiger partial charge is 0.491 e. The molecule has 0 spiro atoms. The number of ether oxygens (including phenoxy) is 3. The second kappa shape index (κ2) is 11.0. The third-order valence-corrected chi connectivity index (χ3v) is 2.85. The van der Waals surface area contributed by atoms with Crippen molar-refractivity contribution >= 4 is 0 Å². The van der Waals surface area contributed by atoms with Gasteiger partial charge in [0, 0.05) is 6.07 Å². The Balaban J connectivity index is 2.79. The van der Waals surface area contributed by atoms with E-state index in [1.54, 1.807) is 0 Å². The molecule has 3 atom stereocenters. The molecular weight excluding hydrogens is 324 g/mol. The molecule has 0 amide bonds. The first-order chi connectivity index (χ1) is 11.5. The summed E-state index contributed by atoms with van der Waals surface area (Å²) >= 11 is 0. The van der Waals surface area contributed by atoms with Crippen LogP contribution in [0.15, 0.2) is 18.2 Å². The van der Waals surface area contributed by atoms with Gasteiger partial charge in [0.15, 0.2) is 11.5 Å². The molecule has 9 nitrogen and oxygen atoms in total. The van der Waals surface area contributed by atoms with Crippen LogP contribution in [0.2, 0.25) is 0 Å². The highest BCUT2D eigenvalue weighted by Gasteiger charge is 2.13. The van der Waals surface area contributed by atoms with Crippen LogP contribution < -0.4 is 14.2 Å². The predicted molar refractivity (Wildman–Crippen MR) is 82.2 cm³/mol. The summed E-state index contributed by atoms with van der Waals surface area (Å²) in [6.07, 6.45) is -3.17. The van der Waals surface area contributed by atoms with Crippen LogP contribution in [0.5, 0.6) is 17.2 Å². The normalized spacial score (nSPS) is 14.8. The van der Waals surface area contributed by atoms with Gasteiger partial charge in [-0.3, -0.25) is 0 Å². The van der Waals surface area contributed by atoms with E-state index < -0.39 is 38.1 Å². The molecule has 0 aliphatic rings. The summed E-state index contributed by atoms with van der Waals surface area (Å²) in [5, 5.41) is 54.3. The number of aliphatic hydroxyl groups excluding tert-OH is 6. The molecule has 0 saturated carbocycles. The maximum absolute atomic E-state index is 9.36. The molecule has 0 aliphatic carbocycles. The third-order valence-electron chi connectivity index (χ3n) is 2.85. The van der Waals surface area contributed by atoms with Gasteiger partial charge in [-0.25, -0.2) is 0 Å². The van der Waals surface area contributed by atoms with Gasteiger partial charge in [-0.05, 0) is 12.1 Å². The fourth-order valence-corrected chi connectivity index (χ4v) is 1.53. The molecule has 0 radical (unpaired) electrons. The van der Waals surface area contributed by atoms with Crippen LogP contribution in [0.3, 0.4) is 0 Å². The number of hydrogen-bond acceptors (Lipinski definition) is 9. The Morgan fingerprint density at radius 2 is 1.12 bits per heavy atom. The highest BCUT2D eigenvalue weighted by Crippen LogP contribution is 2.32. The minimum Gasteiger partial charge on any atom is -0.491 e. The van der Waals surface area contributed by atoms with Crippen LogP contribution in [0.25, 0.3) is 0 Å². The van der Waals surface area contributed by atoms with Crippen LogP contribution in [0.1, 0.15) is 0 Å². The van der Waals surface area contributed by atoms with Crippen LogP contribution in [0, 0.1) is 0 Å². The first-order valence-electron chi connectivity index (χ1n) is 7.39. The molecule has 138 valence electrons. The summed E-state index contributed by atoms with van der Waals surface area (Å²) in [7, 11) is 0. The van der Waals surface area contributed by atoms with E-state index in [9.17, 15) is 15.3 Å². The molecule has 3 unspecified atom stereocenters. The maximum atomic E-state index is 9.36. The lowest BCUT2D eigenvalue weighted by Gasteiger charge is -2.17. The van der Waals surface area contributed by atoms with Gasteiger partial charge in [-0.1, -0.05) is 0 Å². The molecule has 9 heteroatoms. The second-order valence-corrected chi connectivity index (χ2v) is 5.05. The molecule has 0 heterocycles. The fraction of sp³-hybridized carbons (Fsp3) is 0.600. The number of benzene rings is 1. The fourth-order valence-electron chi connectivity index (χ4n) is 1.53. The average molecular weight is 348 g/mol. The van der Waals surface area contributed by atoms with Crippen molar-refractivity contribution in [2.24, 2.45) is 0 Å². The zero-order valence-electron chi connectivity index (χ0n) is 13.1. The monoisotopic (exact) mass is 348 g/mol. The summed E-state index contributed by atoms with van der Waals surface area (Å²) in [4.78, 5) is 0. The van der Waals surface area contributed by atoms with Gasteiger partial charge in [0.1, 0.15) is 43.9 Å². The first-order valence-corrected chi connectivity index (χ1v) is 7.39. The molecule has 0 fully saturated rings. The van der Waals surface area contributed by atoms with E-state index in [1.807, 2.05) is 0 Å². The zero-order valence-corrected chi connectivity index (χ0v) is 13.1. The molecule has 1 aromatic carbocycles. The minimum absolute atomic E-state index is 0.126. The highest BCUT2D eigenvalue weighted by molar-refractivity contribution is 5.45. The van der Waals surface area contributed by atoms with E-state index in [2.05, 4.69) is 0 Å². The molecule has 0 aliphatic heterocycles. The van der Waals surface area contributed by atoms with Crippen molar-refractivity contribution in [2.45, 2.75) is 18.3 Å². The summed E-state index contributed by atoms with van der Waals surface area (Å²) in [6.45, 7) is -1.86. The van der Waals surface area contributed by atoms with Crippen molar-refractivity contribution in [3.8, 4) is 17.2 Å². The summed E-state index contributed by atoms with van der Waals surface area (Å²) in [5.41, 5.74) is 0. The molecule has 0 aromatic heterocycles. The van der Waals surface area contributed by atoms with Gasteiger partial charge in [0.25, 0.3) is 0 Å². The van der Waals surface area contributed by atoms with Gasteiger partial charge in [0.05, 0.1) is 19.8 Å². The van der Waals surface area contributed by atoms with Crippen molar-refractivity contribution in [1.82, 2.24) is 0 Å². The Morgan fingerprint density at radius 3 is 1.62 bits per heavy atom. The lowest BCUT2D eigenvalue weighted by molar-refractivity contribution is 0.0440. The number of hydrogen-bond donors (Lipinski definition) is 6. The topological polar surface area (TPSA) is 149 Å². The molecule has 1 rings (SSSR count). The standard InChI is InChI=1S/C15H24O9/c16-4-10(19)7-22-13-1-2-14(23-8-11(20)5-17)15(3-13)24-9-12(21)6-18/h1-3,10-12,16-21H,4-9H2. The van der Waals surface area contributed by atoms with Crippen LogP contribution in [-0.2, 0) is 0 Å². The summed E-state index contributed by atoms with van der Waals surface area (Å²) in [5.74, 6) is 0.748. The van der Waals surface area contributed by atoms with E-state index in [0.717, 1.165) is 0 Å². The smallest absolute Gasteiger partial charge is 0.165 e. The molecule has 1 aromatic rings. The van der Waals surface area contributed by atoms with Crippen molar-refractivity contribution in [3.05, 3.63) is 18.2 Å². The maximum Gasteiger partial charge on any atom is 0.165 e. The lowest BCUT2D eigenvalue weighted by atomic mass is 10.3. The predicted octanol–water partition coefficient (Wildman–Crippen LogP) is -2.12. The van der Waals surface area contributed by atoms with E-state index >= 15 is 0 Å². The Bertz CT molecular complexity index is 468. The quantitative estimate of drug-likeness (QED) is 0.249. The third kappa shape index (κ3) is 7.30. The number of rotatable bonds is 12. The second-order valence-electron chi connectivity index (χ2n) is 5.05. The van der Waals surface area contributed by atoms with Gasteiger partial charge < -0.3 is 44.8 Å². The summed E-state index contributed by atoms with van der Waals surface area (Å²) < 4.78 is 16.0.